The summed E-state index contributed by atoms with van der Waals surface area (Å²) in [5.41, 5.74) is 0.945. The lowest BCUT2D eigenvalue weighted by Gasteiger charge is -2.60. The first kappa shape index (κ1) is 25.0. The van der Waals surface area contributed by atoms with Crippen LogP contribution < -0.4 is 0 Å². The second-order valence-corrected chi connectivity index (χ2v) is 12.3. The molecular formula is C29H48N2O2. The van der Waals surface area contributed by atoms with Crippen molar-refractivity contribution in [1.82, 2.24) is 4.90 Å². The van der Waals surface area contributed by atoms with Crippen LogP contribution in [0.15, 0.2) is 29.5 Å². The number of fused-ring (bicyclic) bond motifs is 5. The van der Waals surface area contributed by atoms with E-state index in [1.165, 1.54) is 44.9 Å². The maximum absolute atomic E-state index is 10.3. The molecule has 1 N–H and O–H groups in total. The highest BCUT2D eigenvalue weighted by Gasteiger charge is 2.59. The van der Waals surface area contributed by atoms with Gasteiger partial charge >= 0.3 is 0 Å². The van der Waals surface area contributed by atoms with Crippen molar-refractivity contribution in [2.24, 2.45) is 45.6 Å². The molecule has 4 heteroatoms. The van der Waals surface area contributed by atoms with Crippen LogP contribution in [-0.2, 0) is 4.84 Å². The molecule has 0 unspecified atom stereocenters. The number of nitrogens with zero attached hydrogens (tertiary/aromatic N) is 2. The fraction of sp³-hybridized carbons (Fsp3) is 0.828. The van der Waals surface area contributed by atoms with Crippen LogP contribution in [0.25, 0.3) is 0 Å². The van der Waals surface area contributed by atoms with E-state index in [9.17, 15) is 5.11 Å². The third-order valence-electron chi connectivity index (χ3n) is 10.3. The molecule has 0 amide bonds. The molecule has 0 spiro atoms. The molecule has 0 radical (unpaired) electrons. The molecule has 33 heavy (non-hydrogen) atoms. The fourth-order valence-electron chi connectivity index (χ4n) is 8.48. The van der Waals surface area contributed by atoms with Crippen molar-refractivity contribution in [1.29, 1.82) is 0 Å². The number of aliphatic hydroxyl groups is 1. The monoisotopic (exact) mass is 456 g/mol. The number of rotatable bonds is 8. The van der Waals surface area contributed by atoms with E-state index in [1.807, 2.05) is 6.08 Å². The summed E-state index contributed by atoms with van der Waals surface area (Å²) >= 11 is 0. The van der Waals surface area contributed by atoms with E-state index < -0.39 is 0 Å². The van der Waals surface area contributed by atoms with Gasteiger partial charge in [0.05, 0.1) is 12.3 Å². The van der Waals surface area contributed by atoms with Crippen LogP contribution in [0.5, 0.6) is 0 Å². The van der Waals surface area contributed by atoms with Gasteiger partial charge in [-0.2, -0.15) is 0 Å². The van der Waals surface area contributed by atoms with Crippen LogP contribution in [0.2, 0.25) is 0 Å². The van der Waals surface area contributed by atoms with Crippen LogP contribution in [0.3, 0.4) is 0 Å². The van der Waals surface area contributed by atoms with E-state index in [1.54, 1.807) is 6.21 Å². The molecule has 0 aromatic heterocycles. The van der Waals surface area contributed by atoms with Gasteiger partial charge in [-0.15, -0.1) is 0 Å². The van der Waals surface area contributed by atoms with Gasteiger partial charge in [0, 0.05) is 6.54 Å². The third kappa shape index (κ3) is 5.27. The maximum atomic E-state index is 10.3. The summed E-state index contributed by atoms with van der Waals surface area (Å²) < 4.78 is 0. The average Bonchev–Trinajstić information content (AvgIpc) is 3.11. The SMILES string of the molecule is CN(C)CCCO/N=C/C=C/C=C/[C@H]1CC[C@H]2[C@@H]3CC[C@@H]4C[C@@H](O)CC[C@]4(C)[C@H]3CC[C@]12C. The molecule has 0 aliphatic heterocycles. The summed E-state index contributed by atoms with van der Waals surface area (Å²) in [5.74, 6) is 4.14. The number of hydrogen-bond acceptors (Lipinski definition) is 4. The Balaban J connectivity index is 1.30. The van der Waals surface area contributed by atoms with E-state index in [-0.39, 0.29) is 6.10 Å². The molecule has 0 saturated heterocycles. The lowest BCUT2D eigenvalue weighted by molar-refractivity contribution is -0.124. The molecule has 0 aromatic rings. The lowest BCUT2D eigenvalue weighted by atomic mass is 9.44. The van der Waals surface area contributed by atoms with Gasteiger partial charge in [-0.25, -0.2) is 0 Å². The first-order valence-electron chi connectivity index (χ1n) is 13.7. The Morgan fingerprint density at radius 3 is 2.55 bits per heavy atom. The second-order valence-electron chi connectivity index (χ2n) is 12.3. The average molecular weight is 457 g/mol. The minimum absolute atomic E-state index is 0.0396. The van der Waals surface area contributed by atoms with Gasteiger partial charge in [0.1, 0.15) is 6.61 Å². The lowest BCUT2D eigenvalue weighted by Crippen LogP contribution is -2.53. The quantitative estimate of drug-likeness (QED) is 0.209. The Bertz CT molecular complexity index is 731. The number of hydrogen-bond donors (Lipinski definition) is 1. The Hall–Kier alpha value is -1.13. The summed E-state index contributed by atoms with van der Waals surface area (Å²) in [7, 11) is 4.15. The van der Waals surface area contributed by atoms with E-state index in [2.05, 4.69) is 56.2 Å². The topological polar surface area (TPSA) is 45.1 Å². The molecular weight excluding hydrogens is 408 g/mol. The minimum atomic E-state index is -0.0396. The summed E-state index contributed by atoms with van der Waals surface area (Å²) in [5, 5.41) is 14.3. The number of aliphatic hydroxyl groups excluding tert-OH is 1. The molecule has 0 heterocycles. The Morgan fingerprint density at radius 2 is 1.73 bits per heavy atom. The predicted molar refractivity (Wildman–Crippen MR) is 137 cm³/mol. The van der Waals surface area contributed by atoms with Gasteiger partial charge in [-0.05, 0) is 125 Å². The Labute approximate surface area is 202 Å². The molecule has 186 valence electrons. The van der Waals surface area contributed by atoms with E-state index in [0.29, 0.717) is 23.4 Å². The third-order valence-corrected chi connectivity index (χ3v) is 10.3. The summed E-state index contributed by atoms with van der Waals surface area (Å²) in [6.45, 7) is 6.89. The zero-order chi connectivity index (χ0) is 23.5. The van der Waals surface area contributed by atoms with Gasteiger partial charge in [0.2, 0.25) is 0 Å². The van der Waals surface area contributed by atoms with E-state index >= 15 is 0 Å². The maximum Gasteiger partial charge on any atom is 0.118 e. The molecule has 4 aliphatic carbocycles. The normalized spacial score (nSPS) is 43.3. The highest BCUT2D eigenvalue weighted by atomic mass is 16.6. The first-order valence-corrected chi connectivity index (χ1v) is 13.7. The van der Waals surface area contributed by atoms with Crippen molar-refractivity contribution in [2.75, 3.05) is 27.2 Å². The van der Waals surface area contributed by atoms with Crippen molar-refractivity contribution in [3.05, 3.63) is 24.3 Å². The minimum Gasteiger partial charge on any atom is -0.396 e. The van der Waals surface area contributed by atoms with Gasteiger partial charge in [-0.1, -0.05) is 37.2 Å². The van der Waals surface area contributed by atoms with E-state index in [4.69, 9.17) is 4.84 Å². The van der Waals surface area contributed by atoms with Gasteiger partial charge in [0.15, 0.2) is 0 Å². The summed E-state index contributed by atoms with van der Waals surface area (Å²) in [6, 6.07) is 0. The van der Waals surface area contributed by atoms with Crippen LogP contribution >= 0.6 is 0 Å². The Kier molecular flexibility index (Phi) is 8.06. The van der Waals surface area contributed by atoms with Crippen molar-refractivity contribution in [3.8, 4) is 0 Å². The zero-order valence-electron chi connectivity index (χ0n) is 21.6. The highest BCUT2D eigenvalue weighted by Crippen LogP contribution is 2.67. The van der Waals surface area contributed by atoms with Gasteiger partial charge in [-0.3, -0.25) is 0 Å². The number of oxime groups is 1. The van der Waals surface area contributed by atoms with Crippen LogP contribution in [-0.4, -0.2) is 49.6 Å². The summed E-state index contributed by atoms with van der Waals surface area (Å²) in [6.07, 6.45) is 23.1. The van der Waals surface area contributed by atoms with Gasteiger partial charge < -0.3 is 14.8 Å². The Morgan fingerprint density at radius 1 is 0.939 bits per heavy atom. The fourth-order valence-corrected chi connectivity index (χ4v) is 8.48. The molecule has 4 nitrogen and oxygen atoms in total. The standard InChI is InChI=1S/C29H48N2O2/c1-28-17-15-27-25(12-10-23-21-24(32)14-16-29(23,27)2)26(28)13-11-22(28)9-6-5-7-18-30-33-20-8-19-31(3)4/h5-7,9,18,22-27,32H,8,10-17,19-21H2,1-4H3/b7-5+,9-6+,30-18+/t22-,23+,24-,25-,26-,27-,28+,29-/m0/s1. The molecule has 0 aromatic carbocycles. The molecule has 4 fully saturated rings. The molecule has 4 rings (SSSR count). The summed E-state index contributed by atoms with van der Waals surface area (Å²) in [4.78, 5) is 7.46. The highest BCUT2D eigenvalue weighted by molar-refractivity contribution is 5.70. The molecule has 4 saturated carbocycles. The predicted octanol–water partition coefficient (Wildman–Crippen LogP) is 6.07. The smallest absolute Gasteiger partial charge is 0.118 e. The van der Waals surface area contributed by atoms with Crippen LogP contribution in [0, 0.1) is 40.4 Å². The van der Waals surface area contributed by atoms with Crippen LogP contribution in [0.4, 0.5) is 0 Å². The van der Waals surface area contributed by atoms with Crippen LogP contribution in [0.1, 0.15) is 78.1 Å². The van der Waals surface area contributed by atoms with E-state index in [0.717, 1.165) is 49.5 Å². The second kappa shape index (κ2) is 10.6. The molecule has 4 aliphatic rings. The van der Waals surface area contributed by atoms with Crippen molar-refractivity contribution >= 4 is 6.21 Å². The van der Waals surface area contributed by atoms with Crippen molar-refractivity contribution in [3.63, 3.8) is 0 Å². The zero-order valence-corrected chi connectivity index (χ0v) is 21.6. The molecule has 8 atom stereocenters. The number of allylic oxidation sites excluding steroid dienone is 4. The van der Waals surface area contributed by atoms with Gasteiger partial charge in [0.25, 0.3) is 0 Å². The van der Waals surface area contributed by atoms with Crippen molar-refractivity contribution < 1.29 is 9.94 Å². The molecule has 0 bridgehead atoms. The largest absolute Gasteiger partial charge is 0.396 e. The van der Waals surface area contributed by atoms with Crippen molar-refractivity contribution in [2.45, 2.75) is 84.2 Å². The first-order chi connectivity index (χ1) is 15.8.